The van der Waals surface area contributed by atoms with Crippen molar-refractivity contribution in [3.63, 3.8) is 0 Å². The SMILES string of the molecule is CCOC(=O)c1c(COC(=O)c2ccc3ccccc3n2)nc2ccccc2c1C. The third kappa shape index (κ3) is 3.72. The van der Waals surface area contributed by atoms with Gasteiger partial charge < -0.3 is 9.47 Å². The number of aryl methyl sites for hydroxylation is 1. The van der Waals surface area contributed by atoms with Crippen LogP contribution in [0.1, 0.15) is 39.0 Å². The van der Waals surface area contributed by atoms with E-state index in [0.29, 0.717) is 16.8 Å². The van der Waals surface area contributed by atoms with E-state index in [2.05, 4.69) is 9.97 Å². The lowest BCUT2D eigenvalue weighted by atomic mass is 10.0. The number of pyridine rings is 2. The quantitative estimate of drug-likeness (QED) is 0.455. The van der Waals surface area contributed by atoms with Crippen LogP contribution in [0.4, 0.5) is 0 Å². The molecule has 0 amide bonds. The minimum Gasteiger partial charge on any atom is -0.462 e. The zero-order valence-corrected chi connectivity index (χ0v) is 16.7. The van der Waals surface area contributed by atoms with Crippen molar-refractivity contribution < 1.29 is 19.1 Å². The Morgan fingerprint density at radius 1 is 0.833 bits per heavy atom. The molecule has 0 bridgehead atoms. The maximum absolute atomic E-state index is 12.6. The monoisotopic (exact) mass is 400 g/mol. The maximum atomic E-state index is 12.6. The first-order chi connectivity index (χ1) is 14.6. The minimum absolute atomic E-state index is 0.160. The van der Waals surface area contributed by atoms with E-state index < -0.39 is 11.9 Å². The van der Waals surface area contributed by atoms with Crippen LogP contribution >= 0.6 is 0 Å². The first-order valence-corrected chi connectivity index (χ1v) is 9.66. The molecule has 6 nitrogen and oxygen atoms in total. The van der Waals surface area contributed by atoms with Gasteiger partial charge in [-0.15, -0.1) is 0 Å². The van der Waals surface area contributed by atoms with Gasteiger partial charge in [0.15, 0.2) is 0 Å². The van der Waals surface area contributed by atoms with Crippen LogP contribution in [0.2, 0.25) is 0 Å². The first-order valence-electron chi connectivity index (χ1n) is 9.66. The van der Waals surface area contributed by atoms with E-state index in [0.717, 1.165) is 21.9 Å². The van der Waals surface area contributed by atoms with Crippen LogP contribution in [0.3, 0.4) is 0 Å². The van der Waals surface area contributed by atoms with E-state index in [-0.39, 0.29) is 18.9 Å². The van der Waals surface area contributed by atoms with E-state index in [1.54, 1.807) is 13.0 Å². The smallest absolute Gasteiger partial charge is 0.357 e. The third-order valence-corrected chi connectivity index (χ3v) is 4.85. The van der Waals surface area contributed by atoms with Crippen molar-refractivity contribution in [3.05, 3.63) is 83.2 Å². The number of ether oxygens (including phenoxy) is 2. The van der Waals surface area contributed by atoms with Crippen LogP contribution in [0.15, 0.2) is 60.7 Å². The molecule has 30 heavy (non-hydrogen) atoms. The molecule has 0 radical (unpaired) electrons. The van der Waals surface area contributed by atoms with Gasteiger partial charge in [-0.3, -0.25) is 0 Å². The van der Waals surface area contributed by atoms with Crippen molar-refractivity contribution in [2.75, 3.05) is 6.61 Å². The van der Waals surface area contributed by atoms with Gasteiger partial charge in [-0.25, -0.2) is 19.6 Å². The van der Waals surface area contributed by atoms with E-state index in [1.165, 1.54) is 0 Å². The minimum atomic E-state index is -0.580. The van der Waals surface area contributed by atoms with E-state index in [1.807, 2.05) is 61.5 Å². The van der Waals surface area contributed by atoms with Gasteiger partial charge in [0.2, 0.25) is 0 Å². The summed E-state index contributed by atoms with van der Waals surface area (Å²) in [5, 5.41) is 1.79. The van der Waals surface area contributed by atoms with Crippen LogP contribution in [-0.4, -0.2) is 28.5 Å². The molecule has 2 heterocycles. The Kier molecular flexibility index (Phi) is 5.39. The summed E-state index contributed by atoms with van der Waals surface area (Å²) in [5.74, 6) is -1.06. The highest BCUT2D eigenvalue weighted by Crippen LogP contribution is 2.24. The molecule has 0 saturated carbocycles. The molecule has 0 aliphatic carbocycles. The maximum Gasteiger partial charge on any atom is 0.357 e. The molecule has 0 unspecified atom stereocenters. The van der Waals surface area contributed by atoms with Crippen molar-refractivity contribution in [3.8, 4) is 0 Å². The zero-order valence-electron chi connectivity index (χ0n) is 16.7. The molecule has 150 valence electrons. The highest BCUT2D eigenvalue weighted by Gasteiger charge is 2.21. The first kappa shape index (κ1) is 19.5. The lowest BCUT2D eigenvalue weighted by molar-refractivity contribution is 0.0439. The summed E-state index contributed by atoms with van der Waals surface area (Å²) in [4.78, 5) is 34.1. The molecule has 4 aromatic rings. The Morgan fingerprint density at radius 3 is 2.37 bits per heavy atom. The van der Waals surface area contributed by atoms with Crippen molar-refractivity contribution in [1.29, 1.82) is 0 Å². The zero-order chi connectivity index (χ0) is 21.1. The molecular formula is C24H20N2O4. The van der Waals surface area contributed by atoms with Crippen LogP contribution in [0.25, 0.3) is 21.8 Å². The highest BCUT2D eigenvalue weighted by molar-refractivity contribution is 5.98. The number of rotatable bonds is 5. The van der Waals surface area contributed by atoms with Gasteiger partial charge in [0.05, 0.1) is 28.9 Å². The van der Waals surface area contributed by atoms with E-state index in [4.69, 9.17) is 9.47 Å². The van der Waals surface area contributed by atoms with E-state index >= 15 is 0 Å². The third-order valence-electron chi connectivity index (χ3n) is 4.85. The number of carbonyl (C=O) groups excluding carboxylic acids is 2. The van der Waals surface area contributed by atoms with Gasteiger partial charge >= 0.3 is 11.9 Å². The Bertz CT molecular complexity index is 1270. The summed E-state index contributed by atoms with van der Waals surface area (Å²) in [6.45, 7) is 3.66. The second-order valence-corrected chi connectivity index (χ2v) is 6.76. The summed E-state index contributed by atoms with van der Waals surface area (Å²) >= 11 is 0. The predicted octanol–water partition coefficient (Wildman–Crippen LogP) is 4.63. The molecule has 0 fully saturated rings. The van der Waals surface area contributed by atoms with Gasteiger partial charge in [-0.05, 0) is 37.6 Å². The second-order valence-electron chi connectivity index (χ2n) is 6.76. The summed E-state index contributed by atoms with van der Waals surface area (Å²) in [5.41, 5.74) is 3.06. The standard InChI is InChI=1S/C24H20N2O4/c1-3-29-24(28)22-15(2)17-9-5-7-11-19(17)26-21(22)14-30-23(27)20-13-12-16-8-4-6-10-18(16)25-20/h4-13H,3,14H2,1-2H3. The fourth-order valence-electron chi connectivity index (χ4n) is 3.41. The number of aromatic nitrogens is 2. The molecule has 2 aromatic heterocycles. The molecule has 0 N–H and O–H groups in total. The molecule has 0 saturated heterocycles. The normalized spacial score (nSPS) is 10.9. The largest absolute Gasteiger partial charge is 0.462 e. The predicted molar refractivity (Wildman–Crippen MR) is 113 cm³/mol. The average molecular weight is 400 g/mol. The summed E-state index contributed by atoms with van der Waals surface area (Å²) in [7, 11) is 0. The van der Waals surface area contributed by atoms with Crippen LogP contribution in [0.5, 0.6) is 0 Å². The van der Waals surface area contributed by atoms with Crippen molar-refractivity contribution in [2.24, 2.45) is 0 Å². The molecule has 0 atom stereocenters. The second kappa shape index (κ2) is 8.29. The summed E-state index contributed by atoms with van der Waals surface area (Å²) < 4.78 is 10.7. The number of benzene rings is 2. The number of nitrogens with zero attached hydrogens (tertiary/aromatic N) is 2. The number of carbonyl (C=O) groups is 2. The van der Waals surface area contributed by atoms with Crippen molar-refractivity contribution in [1.82, 2.24) is 9.97 Å². The lowest BCUT2D eigenvalue weighted by Crippen LogP contribution is -2.15. The van der Waals surface area contributed by atoms with Gasteiger partial charge in [-0.2, -0.15) is 0 Å². The van der Waals surface area contributed by atoms with Crippen molar-refractivity contribution in [2.45, 2.75) is 20.5 Å². The number of para-hydroxylation sites is 2. The van der Waals surface area contributed by atoms with Crippen LogP contribution < -0.4 is 0 Å². The molecule has 6 heteroatoms. The fourth-order valence-corrected chi connectivity index (χ4v) is 3.41. The van der Waals surface area contributed by atoms with Gasteiger partial charge in [0.1, 0.15) is 12.3 Å². The summed E-state index contributed by atoms with van der Waals surface area (Å²) in [6.07, 6.45) is 0. The van der Waals surface area contributed by atoms with Gasteiger partial charge in [0, 0.05) is 10.8 Å². The average Bonchev–Trinajstić information content (AvgIpc) is 2.77. The number of fused-ring (bicyclic) bond motifs is 2. The molecule has 0 aliphatic heterocycles. The molecular weight excluding hydrogens is 380 g/mol. The van der Waals surface area contributed by atoms with Crippen LogP contribution in [-0.2, 0) is 16.1 Å². The van der Waals surface area contributed by atoms with Crippen LogP contribution in [0, 0.1) is 6.92 Å². The summed E-state index contributed by atoms with van der Waals surface area (Å²) in [6, 6.07) is 18.5. The molecule has 0 spiro atoms. The molecule has 0 aliphatic rings. The number of hydrogen-bond donors (Lipinski definition) is 0. The Labute approximate surface area is 173 Å². The van der Waals surface area contributed by atoms with Crippen molar-refractivity contribution >= 4 is 33.7 Å². The Morgan fingerprint density at radius 2 is 1.57 bits per heavy atom. The number of esters is 2. The lowest BCUT2D eigenvalue weighted by Gasteiger charge is -2.14. The Hall–Kier alpha value is -3.80. The van der Waals surface area contributed by atoms with E-state index in [9.17, 15) is 9.59 Å². The Balaban J connectivity index is 1.65. The molecule has 2 aromatic carbocycles. The number of hydrogen-bond acceptors (Lipinski definition) is 6. The fraction of sp³-hybridized carbons (Fsp3) is 0.167. The van der Waals surface area contributed by atoms with Gasteiger partial charge in [-0.1, -0.05) is 42.5 Å². The highest BCUT2D eigenvalue weighted by atomic mass is 16.5. The van der Waals surface area contributed by atoms with Gasteiger partial charge in [0.25, 0.3) is 0 Å². The topological polar surface area (TPSA) is 78.4 Å². The molecule has 4 rings (SSSR count).